The molecule has 3 heteroatoms. The van der Waals surface area contributed by atoms with E-state index in [0.29, 0.717) is 0 Å². The largest absolute Gasteiger partial charge is 0.392 e. The maximum Gasteiger partial charge on any atom is 0.137 e. The minimum absolute atomic E-state index is 0.0646. The van der Waals surface area contributed by atoms with Crippen molar-refractivity contribution in [2.75, 3.05) is 0 Å². The first-order chi connectivity index (χ1) is 5.49. The summed E-state index contributed by atoms with van der Waals surface area (Å²) in [5.74, 6) is 0.209. The maximum atomic E-state index is 11.3. The van der Waals surface area contributed by atoms with Crippen molar-refractivity contribution in [3.63, 3.8) is 0 Å². The minimum Gasteiger partial charge on any atom is -0.392 e. The highest BCUT2D eigenvalue weighted by molar-refractivity contribution is 5.81. The number of nitrogens with two attached hydrogens (primary N) is 1. The third-order valence-electron chi connectivity index (χ3n) is 2.22. The molecule has 3 unspecified atom stereocenters. The number of hydrogen-bond acceptors (Lipinski definition) is 3. The molecular weight excluding hydrogens is 154 g/mol. The molecule has 0 saturated heterocycles. The maximum absolute atomic E-state index is 11.3. The van der Waals surface area contributed by atoms with Crippen LogP contribution in [0.4, 0.5) is 0 Å². The van der Waals surface area contributed by atoms with Crippen molar-refractivity contribution in [1.29, 1.82) is 0 Å². The zero-order chi connectivity index (χ0) is 9.72. The lowest BCUT2D eigenvalue weighted by atomic mass is 9.96. The molecule has 0 amide bonds. The molecule has 0 rings (SSSR count). The fourth-order valence-corrected chi connectivity index (χ4v) is 0.832. The summed E-state index contributed by atoms with van der Waals surface area (Å²) < 4.78 is 0. The lowest BCUT2D eigenvalue weighted by Gasteiger charge is -2.15. The average molecular weight is 173 g/mol. The first kappa shape index (κ1) is 11.6. The van der Waals surface area contributed by atoms with Crippen LogP contribution in [0.15, 0.2) is 0 Å². The van der Waals surface area contributed by atoms with E-state index in [1.54, 1.807) is 6.92 Å². The monoisotopic (exact) mass is 173 g/mol. The van der Waals surface area contributed by atoms with Gasteiger partial charge in [0.25, 0.3) is 0 Å². The third kappa shape index (κ3) is 3.83. The molecule has 0 bridgehead atoms. The molecule has 0 radical (unpaired) electrons. The second kappa shape index (κ2) is 5.27. The Hall–Kier alpha value is -0.410. The standard InChI is InChI=1S/C9H19NO2/c1-4-6(2)9(12)5-8(10)7(3)11/h6-8,11H,4-5,10H2,1-3H3. The van der Waals surface area contributed by atoms with Gasteiger partial charge in [0.05, 0.1) is 6.10 Å². The summed E-state index contributed by atoms with van der Waals surface area (Å²) in [6, 6.07) is -0.411. The summed E-state index contributed by atoms with van der Waals surface area (Å²) in [5.41, 5.74) is 5.54. The van der Waals surface area contributed by atoms with Crippen LogP contribution in [-0.2, 0) is 4.79 Å². The highest BCUT2D eigenvalue weighted by Gasteiger charge is 2.17. The number of carbonyl (C=O) groups excluding carboxylic acids is 1. The summed E-state index contributed by atoms with van der Waals surface area (Å²) in [7, 11) is 0. The van der Waals surface area contributed by atoms with Crippen molar-refractivity contribution in [2.24, 2.45) is 11.7 Å². The number of rotatable bonds is 5. The molecule has 0 spiro atoms. The molecule has 0 aromatic rings. The zero-order valence-electron chi connectivity index (χ0n) is 8.08. The van der Waals surface area contributed by atoms with E-state index >= 15 is 0 Å². The molecule has 12 heavy (non-hydrogen) atoms. The van der Waals surface area contributed by atoms with E-state index in [9.17, 15) is 4.79 Å². The van der Waals surface area contributed by atoms with Crippen LogP contribution in [0.1, 0.15) is 33.6 Å². The van der Waals surface area contributed by atoms with Crippen LogP contribution >= 0.6 is 0 Å². The molecule has 0 aromatic carbocycles. The Labute approximate surface area is 74.0 Å². The molecule has 0 fully saturated rings. The molecule has 0 aromatic heterocycles. The molecule has 3 nitrogen and oxygen atoms in total. The number of Topliss-reactive ketones (excluding diaryl/α,β-unsaturated/α-hetero) is 1. The number of carbonyl (C=O) groups is 1. The normalized spacial score (nSPS) is 18.4. The Morgan fingerprint density at radius 2 is 2.00 bits per heavy atom. The molecule has 3 N–H and O–H groups in total. The van der Waals surface area contributed by atoms with Gasteiger partial charge in [-0.15, -0.1) is 0 Å². The van der Waals surface area contributed by atoms with Crippen molar-refractivity contribution in [3.05, 3.63) is 0 Å². The Morgan fingerprint density at radius 3 is 2.33 bits per heavy atom. The highest BCUT2D eigenvalue weighted by atomic mass is 16.3. The van der Waals surface area contributed by atoms with E-state index in [4.69, 9.17) is 10.8 Å². The molecule has 72 valence electrons. The van der Waals surface area contributed by atoms with Gasteiger partial charge in [-0.1, -0.05) is 13.8 Å². The van der Waals surface area contributed by atoms with E-state index < -0.39 is 12.1 Å². The van der Waals surface area contributed by atoms with Crippen LogP contribution in [0.2, 0.25) is 0 Å². The predicted octanol–water partition coefficient (Wildman–Crippen LogP) is 0.700. The first-order valence-corrected chi connectivity index (χ1v) is 4.45. The van der Waals surface area contributed by atoms with Crippen LogP contribution in [-0.4, -0.2) is 23.0 Å². The van der Waals surface area contributed by atoms with Gasteiger partial charge in [-0.2, -0.15) is 0 Å². The summed E-state index contributed by atoms with van der Waals surface area (Å²) in [6.07, 6.45) is 0.524. The van der Waals surface area contributed by atoms with Crippen LogP contribution in [0.5, 0.6) is 0 Å². The molecule has 0 aliphatic heterocycles. The topological polar surface area (TPSA) is 63.3 Å². The molecule has 0 aliphatic carbocycles. The van der Waals surface area contributed by atoms with Crippen LogP contribution in [0.25, 0.3) is 0 Å². The summed E-state index contributed by atoms with van der Waals surface area (Å²) in [6.45, 7) is 5.46. The Kier molecular flexibility index (Phi) is 5.09. The summed E-state index contributed by atoms with van der Waals surface area (Å²) >= 11 is 0. The number of aliphatic hydroxyl groups excluding tert-OH is 1. The molecule has 0 saturated carbocycles. The van der Waals surface area contributed by atoms with Gasteiger partial charge in [-0.05, 0) is 13.3 Å². The lowest BCUT2D eigenvalue weighted by molar-refractivity contribution is -0.123. The number of aliphatic hydroxyl groups is 1. The van der Waals surface area contributed by atoms with Gasteiger partial charge in [0, 0.05) is 18.4 Å². The van der Waals surface area contributed by atoms with Crippen LogP contribution in [0, 0.1) is 5.92 Å². The summed E-state index contributed by atoms with van der Waals surface area (Å²) in [5, 5.41) is 9.05. The van der Waals surface area contributed by atoms with Gasteiger partial charge >= 0.3 is 0 Å². The summed E-state index contributed by atoms with van der Waals surface area (Å²) in [4.78, 5) is 11.3. The van der Waals surface area contributed by atoms with Crippen molar-refractivity contribution < 1.29 is 9.90 Å². The zero-order valence-corrected chi connectivity index (χ0v) is 8.08. The first-order valence-electron chi connectivity index (χ1n) is 4.45. The van der Waals surface area contributed by atoms with Gasteiger partial charge in [0.2, 0.25) is 0 Å². The van der Waals surface area contributed by atoms with E-state index in [2.05, 4.69) is 0 Å². The number of hydrogen-bond donors (Lipinski definition) is 2. The minimum atomic E-state index is -0.599. The van der Waals surface area contributed by atoms with Gasteiger partial charge in [0.15, 0.2) is 0 Å². The van der Waals surface area contributed by atoms with E-state index in [0.717, 1.165) is 6.42 Å². The fourth-order valence-electron chi connectivity index (χ4n) is 0.832. The van der Waals surface area contributed by atoms with Crippen molar-refractivity contribution in [2.45, 2.75) is 45.8 Å². The number of ketones is 1. The third-order valence-corrected chi connectivity index (χ3v) is 2.22. The Balaban J connectivity index is 3.84. The second-order valence-corrected chi connectivity index (χ2v) is 3.38. The predicted molar refractivity (Wildman–Crippen MR) is 48.7 cm³/mol. The Bertz CT molecular complexity index is 145. The SMILES string of the molecule is CCC(C)C(=O)CC(N)C(C)O. The Morgan fingerprint density at radius 1 is 1.50 bits per heavy atom. The van der Waals surface area contributed by atoms with Gasteiger partial charge in [-0.3, -0.25) is 4.79 Å². The van der Waals surface area contributed by atoms with Crippen LogP contribution < -0.4 is 5.73 Å². The second-order valence-electron chi connectivity index (χ2n) is 3.38. The molecule has 0 heterocycles. The van der Waals surface area contributed by atoms with Gasteiger partial charge < -0.3 is 10.8 Å². The highest BCUT2D eigenvalue weighted by Crippen LogP contribution is 2.07. The van der Waals surface area contributed by atoms with Crippen molar-refractivity contribution in [1.82, 2.24) is 0 Å². The fraction of sp³-hybridized carbons (Fsp3) is 0.889. The quantitative estimate of drug-likeness (QED) is 0.643. The molecular formula is C9H19NO2. The van der Waals surface area contributed by atoms with E-state index in [-0.39, 0.29) is 18.1 Å². The van der Waals surface area contributed by atoms with E-state index in [1.807, 2.05) is 13.8 Å². The van der Waals surface area contributed by atoms with Crippen molar-refractivity contribution in [3.8, 4) is 0 Å². The smallest absolute Gasteiger partial charge is 0.137 e. The average Bonchev–Trinajstić information content (AvgIpc) is 2.02. The molecule has 3 atom stereocenters. The van der Waals surface area contributed by atoms with Gasteiger partial charge in [-0.25, -0.2) is 0 Å². The van der Waals surface area contributed by atoms with Gasteiger partial charge in [0.1, 0.15) is 5.78 Å². The van der Waals surface area contributed by atoms with Crippen molar-refractivity contribution >= 4 is 5.78 Å². The lowest BCUT2D eigenvalue weighted by Crippen LogP contribution is -2.35. The molecule has 0 aliphatic rings. The van der Waals surface area contributed by atoms with E-state index in [1.165, 1.54) is 0 Å². The van der Waals surface area contributed by atoms with Crippen LogP contribution in [0.3, 0.4) is 0 Å².